The second kappa shape index (κ2) is 11.2. The molecule has 2 saturated carbocycles. The number of benzene rings is 1. The predicted octanol–water partition coefficient (Wildman–Crippen LogP) is 4.05. The summed E-state index contributed by atoms with van der Waals surface area (Å²) in [5.41, 5.74) is 1.53. The maximum atomic E-state index is 13.0. The normalized spacial score (nSPS) is 32.2. The molecule has 1 aromatic rings. The summed E-state index contributed by atoms with van der Waals surface area (Å²) in [5.74, 6) is 1.66. The molecule has 1 unspecified atom stereocenters. The van der Waals surface area contributed by atoms with Gasteiger partial charge in [-0.2, -0.15) is 0 Å². The van der Waals surface area contributed by atoms with Crippen molar-refractivity contribution in [1.82, 2.24) is 15.1 Å². The van der Waals surface area contributed by atoms with Gasteiger partial charge in [-0.1, -0.05) is 6.42 Å². The van der Waals surface area contributed by atoms with E-state index in [1.807, 2.05) is 18.2 Å². The van der Waals surface area contributed by atoms with Gasteiger partial charge in [-0.15, -0.1) is 0 Å². The second-order valence-corrected chi connectivity index (χ2v) is 12.7. The lowest BCUT2D eigenvalue weighted by atomic mass is 9.74. The second-order valence-electron chi connectivity index (χ2n) is 12.7. The zero-order valence-corrected chi connectivity index (χ0v) is 23.4. The number of carbonyl (C=O) groups is 3. The molecular weight excluding hydrogens is 494 g/mol. The molecule has 1 N–H and O–H groups in total. The molecule has 5 aliphatic rings. The average Bonchev–Trinajstić information content (AvgIpc) is 3.20. The van der Waals surface area contributed by atoms with E-state index in [9.17, 15) is 14.4 Å². The maximum Gasteiger partial charge on any atom is 0.255 e. The highest BCUT2D eigenvalue weighted by Crippen LogP contribution is 2.40. The minimum atomic E-state index is -0.591. The fourth-order valence-corrected chi connectivity index (χ4v) is 7.63. The fourth-order valence-electron chi connectivity index (χ4n) is 7.63. The minimum Gasteiger partial charge on any atom is -0.489 e. The Morgan fingerprint density at radius 1 is 0.923 bits per heavy atom. The standard InChI is InChI=1S/C31H43N3O5/c1-19(2)38-23-9-7-20(8-10-23)22-16-33(17-22)26-5-3-4-6-28(26)39-24-11-12-25-21(15-24)18-34(31(25)37)27-13-14-29(35)32-30(27)36/h11-12,15,19-20,22-23,26-28H,3-10,13-14,16-18H2,1-2H3,(H,32,35,36)/t20?,23?,26-,27?,28-/m1/s1. The Balaban J connectivity index is 1.04. The quantitative estimate of drug-likeness (QED) is 0.528. The Bertz CT molecular complexity index is 1090. The molecule has 1 aromatic carbocycles. The molecule has 39 heavy (non-hydrogen) atoms. The van der Waals surface area contributed by atoms with Crippen molar-refractivity contribution in [2.24, 2.45) is 11.8 Å². The van der Waals surface area contributed by atoms with E-state index in [1.54, 1.807) is 4.90 Å². The number of hydrogen-bond donors (Lipinski definition) is 1. The zero-order chi connectivity index (χ0) is 27.1. The number of hydrogen-bond acceptors (Lipinski definition) is 6. The van der Waals surface area contributed by atoms with E-state index in [0.29, 0.717) is 36.8 Å². The Morgan fingerprint density at radius 3 is 2.44 bits per heavy atom. The first kappa shape index (κ1) is 26.8. The summed E-state index contributed by atoms with van der Waals surface area (Å²) in [6, 6.07) is 5.60. The van der Waals surface area contributed by atoms with Gasteiger partial charge >= 0.3 is 0 Å². The Morgan fingerprint density at radius 2 is 1.69 bits per heavy atom. The molecule has 2 saturated heterocycles. The molecule has 3 heterocycles. The zero-order valence-electron chi connectivity index (χ0n) is 23.4. The van der Waals surface area contributed by atoms with Crippen molar-refractivity contribution >= 4 is 17.7 Å². The molecule has 4 fully saturated rings. The number of nitrogens with zero attached hydrogens (tertiary/aromatic N) is 2. The van der Waals surface area contributed by atoms with E-state index in [4.69, 9.17) is 9.47 Å². The highest BCUT2D eigenvalue weighted by molar-refractivity contribution is 6.05. The first-order valence-electron chi connectivity index (χ1n) is 15.2. The smallest absolute Gasteiger partial charge is 0.255 e. The molecule has 6 rings (SSSR count). The lowest BCUT2D eigenvalue weighted by Crippen LogP contribution is -2.59. The van der Waals surface area contributed by atoms with Crippen molar-refractivity contribution in [3.63, 3.8) is 0 Å². The molecule has 0 spiro atoms. The first-order valence-corrected chi connectivity index (χ1v) is 15.2. The van der Waals surface area contributed by atoms with Gasteiger partial charge in [0.05, 0.1) is 12.2 Å². The topological polar surface area (TPSA) is 88.2 Å². The molecule has 8 nitrogen and oxygen atoms in total. The number of likely N-dealkylation sites (tertiary alicyclic amines) is 1. The van der Waals surface area contributed by atoms with Gasteiger partial charge in [0.25, 0.3) is 5.91 Å². The van der Waals surface area contributed by atoms with Crippen molar-refractivity contribution in [1.29, 1.82) is 0 Å². The van der Waals surface area contributed by atoms with Gasteiger partial charge in [-0.05, 0) is 101 Å². The van der Waals surface area contributed by atoms with E-state index in [2.05, 4.69) is 24.1 Å². The molecule has 0 bridgehead atoms. The van der Waals surface area contributed by atoms with Crippen LogP contribution in [-0.4, -0.2) is 71.0 Å². The van der Waals surface area contributed by atoms with E-state index < -0.39 is 6.04 Å². The number of nitrogens with one attached hydrogen (secondary N) is 1. The van der Waals surface area contributed by atoms with Gasteiger partial charge in [0.15, 0.2) is 0 Å². The van der Waals surface area contributed by atoms with Crippen LogP contribution >= 0.6 is 0 Å². The summed E-state index contributed by atoms with van der Waals surface area (Å²) in [5, 5.41) is 2.37. The molecular formula is C31H43N3O5. The van der Waals surface area contributed by atoms with Crippen LogP contribution in [0.5, 0.6) is 5.75 Å². The van der Waals surface area contributed by atoms with Crippen LogP contribution in [0.4, 0.5) is 0 Å². The number of fused-ring (bicyclic) bond motifs is 1. The first-order chi connectivity index (χ1) is 18.9. The number of carbonyl (C=O) groups excluding carboxylic acids is 3. The maximum absolute atomic E-state index is 13.0. The lowest BCUT2D eigenvalue weighted by Gasteiger charge is -2.51. The summed E-state index contributed by atoms with van der Waals surface area (Å²) in [6.07, 6.45) is 11.3. The molecule has 2 aliphatic carbocycles. The van der Waals surface area contributed by atoms with E-state index in [-0.39, 0.29) is 30.2 Å². The fraction of sp³-hybridized carbons (Fsp3) is 0.710. The van der Waals surface area contributed by atoms with E-state index >= 15 is 0 Å². The van der Waals surface area contributed by atoms with Gasteiger partial charge in [0.2, 0.25) is 11.8 Å². The van der Waals surface area contributed by atoms with Crippen molar-refractivity contribution in [3.05, 3.63) is 29.3 Å². The summed E-state index contributed by atoms with van der Waals surface area (Å²) in [7, 11) is 0. The van der Waals surface area contributed by atoms with Gasteiger partial charge < -0.3 is 14.4 Å². The molecule has 0 aromatic heterocycles. The van der Waals surface area contributed by atoms with Gasteiger partial charge in [0.1, 0.15) is 17.9 Å². The number of piperidine rings is 1. The molecule has 3 atom stereocenters. The molecule has 3 aliphatic heterocycles. The highest BCUT2D eigenvalue weighted by atomic mass is 16.5. The summed E-state index contributed by atoms with van der Waals surface area (Å²) in [4.78, 5) is 41.2. The van der Waals surface area contributed by atoms with Crippen LogP contribution in [-0.2, 0) is 20.9 Å². The van der Waals surface area contributed by atoms with E-state index in [0.717, 1.165) is 29.6 Å². The number of amides is 3. The van der Waals surface area contributed by atoms with Crippen LogP contribution in [0.15, 0.2) is 18.2 Å². The van der Waals surface area contributed by atoms with Crippen LogP contribution in [0.1, 0.15) is 94.0 Å². The van der Waals surface area contributed by atoms with Gasteiger partial charge in [-0.25, -0.2) is 0 Å². The molecule has 212 valence electrons. The SMILES string of the molecule is CC(C)OC1CCC(C2CN([C@@H]3CCCC[C@H]3Oc3ccc4c(c3)CN(C3CCC(=O)NC3=O)C4=O)C2)CC1. The summed E-state index contributed by atoms with van der Waals surface area (Å²) in [6.45, 7) is 7.02. The number of rotatable bonds is 7. The Kier molecular flexibility index (Phi) is 7.68. The molecule has 8 heteroatoms. The van der Waals surface area contributed by atoms with Gasteiger partial charge in [-0.3, -0.25) is 24.6 Å². The van der Waals surface area contributed by atoms with Crippen LogP contribution in [0.3, 0.4) is 0 Å². The predicted molar refractivity (Wildman–Crippen MR) is 146 cm³/mol. The van der Waals surface area contributed by atoms with Crippen LogP contribution in [0.25, 0.3) is 0 Å². The van der Waals surface area contributed by atoms with Crippen molar-refractivity contribution < 1.29 is 23.9 Å². The van der Waals surface area contributed by atoms with Crippen LogP contribution in [0.2, 0.25) is 0 Å². The summed E-state index contributed by atoms with van der Waals surface area (Å²) < 4.78 is 12.7. The minimum absolute atomic E-state index is 0.141. The lowest BCUT2D eigenvalue weighted by molar-refractivity contribution is -0.136. The Labute approximate surface area is 231 Å². The third kappa shape index (κ3) is 5.60. The monoisotopic (exact) mass is 537 g/mol. The summed E-state index contributed by atoms with van der Waals surface area (Å²) >= 11 is 0. The van der Waals surface area contributed by atoms with Crippen LogP contribution < -0.4 is 10.1 Å². The van der Waals surface area contributed by atoms with Crippen molar-refractivity contribution in [2.75, 3.05) is 13.1 Å². The molecule has 3 amide bonds. The Hall–Kier alpha value is -2.45. The van der Waals surface area contributed by atoms with Crippen LogP contribution in [0, 0.1) is 11.8 Å². The van der Waals surface area contributed by atoms with Crippen molar-refractivity contribution in [2.45, 2.75) is 115 Å². The van der Waals surface area contributed by atoms with E-state index in [1.165, 1.54) is 58.0 Å². The highest BCUT2D eigenvalue weighted by Gasteiger charge is 2.43. The van der Waals surface area contributed by atoms with Crippen molar-refractivity contribution in [3.8, 4) is 5.75 Å². The molecule has 0 radical (unpaired) electrons. The average molecular weight is 538 g/mol. The third-order valence-corrected chi connectivity index (χ3v) is 9.71. The number of ether oxygens (including phenoxy) is 2. The largest absolute Gasteiger partial charge is 0.489 e. The number of imide groups is 1. The van der Waals surface area contributed by atoms with Gasteiger partial charge in [0, 0.05) is 37.7 Å². The third-order valence-electron chi connectivity index (χ3n) is 9.71.